The van der Waals surface area contributed by atoms with Crippen LogP contribution < -0.4 is 0 Å². The zero-order valence-corrected chi connectivity index (χ0v) is 11.4. The minimum atomic E-state index is 0.349. The fourth-order valence-electron chi connectivity index (χ4n) is 2.98. The lowest BCUT2D eigenvalue weighted by atomic mass is 9.83. The minimum absolute atomic E-state index is 0.349. The summed E-state index contributed by atoms with van der Waals surface area (Å²) in [5.74, 6) is 0.812. The first kappa shape index (κ1) is 12.2. The minimum Gasteiger partial charge on any atom is -0.507 e. The highest BCUT2D eigenvalue weighted by atomic mass is 16.3. The smallest absolute Gasteiger partial charge is 0.123 e. The van der Waals surface area contributed by atoms with Crippen LogP contribution in [-0.4, -0.2) is 23.6 Å². The molecule has 0 radical (unpaired) electrons. The van der Waals surface area contributed by atoms with E-state index in [1.54, 1.807) is 0 Å². The van der Waals surface area contributed by atoms with Crippen LogP contribution in [0.5, 0.6) is 5.75 Å². The molecular formula is C17H19NO. The van der Waals surface area contributed by atoms with Crippen LogP contribution in [0.4, 0.5) is 0 Å². The number of phenols is 1. The number of hydrogen-bond acceptors (Lipinski definition) is 2. The number of benzene rings is 2. The van der Waals surface area contributed by atoms with Crippen LogP contribution >= 0.6 is 0 Å². The monoisotopic (exact) mass is 253 g/mol. The fraction of sp³-hybridized carbons (Fsp3) is 0.294. The second-order valence-corrected chi connectivity index (χ2v) is 5.46. The van der Waals surface area contributed by atoms with Gasteiger partial charge in [-0.2, -0.15) is 0 Å². The predicted molar refractivity (Wildman–Crippen MR) is 77.5 cm³/mol. The molecule has 1 N–H and O–H groups in total. The summed E-state index contributed by atoms with van der Waals surface area (Å²) < 4.78 is 0. The van der Waals surface area contributed by atoms with Gasteiger partial charge in [-0.15, -0.1) is 0 Å². The van der Waals surface area contributed by atoms with E-state index in [1.807, 2.05) is 19.1 Å². The summed E-state index contributed by atoms with van der Waals surface area (Å²) >= 11 is 0. The Balaban J connectivity index is 2.13. The van der Waals surface area contributed by atoms with Crippen molar-refractivity contribution in [1.82, 2.24) is 4.90 Å². The largest absolute Gasteiger partial charge is 0.507 e. The standard InChI is InChI=1S/C17H19NO/c1-12-8-9-14-15(13-6-4-3-5-7-13)10-18(2)11-16(14)17(12)19/h3-9,15,19H,10-11H2,1-2H3. The number of nitrogens with zero attached hydrogens (tertiary/aromatic N) is 1. The van der Waals surface area contributed by atoms with Crippen molar-refractivity contribution < 1.29 is 5.11 Å². The van der Waals surface area contributed by atoms with Crippen molar-refractivity contribution in [3.63, 3.8) is 0 Å². The second-order valence-electron chi connectivity index (χ2n) is 5.46. The maximum atomic E-state index is 10.3. The summed E-state index contributed by atoms with van der Waals surface area (Å²) in [5.41, 5.74) is 4.63. The molecule has 2 aromatic carbocycles. The van der Waals surface area contributed by atoms with E-state index in [0.29, 0.717) is 11.7 Å². The summed E-state index contributed by atoms with van der Waals surface area (Å²) in [5, 5.41) is 10.3. The van der Waals surface area contributed by atoms with Gasteiger partial charge >= 0.3 is 0 Å². The van der Waals surface area contributed by atoms with Gasteiger partial charge in [0.05, 0.1) is 0 Å². The van der Waals surface area contributed by atoms with Gasteiger partial charge in [0.25, 0.3) is 0 Å². The number of hydrogen-bond donors (Lipinski definition) is 1. The molecule has 0 fully saturated rings. The first-order valence-corrected chi connectivity index (χ1v) is 6.71. The molecule has 0 aliphatic carbocycles. The number of phenolic OH excluding ortho intramolecular Hbond substituents is 1. The molecule has 1 atom stereocenters. The van der Waals surface area contributed by atoms with Crippen LogP contribution in [0.3, 0.4) is 0 Å². The summed E-state index contributed by atoms with van der Waals surface area (Å²) in [6.45, 7) is 3.79. The third kappa shape index (κ3) is 2.13. The van der Waals surface area contributed by atoms with E-state index in [2.05, 4.69) is 42.3 Å². The second kappa shape index (κ2) is 4.71. The van der Waals surface area contributed by atoms with Crippen molar-refractivity contribution in [3.05, 3.63) is 64.7 Å². The number of aryl methyl sites for hydroxylation is 1. The summed E-state index contributed by atoms with van der Waals surface area (Å²) in [6.07, 6.45) is 0. The van der Waals surface area contributed by atoms with Crippen LogP contribution in [0, 0.1) is 6.92 Å². The lowest BCUT2D eigenvalue weighted by Gasteiger charge is -2.33. The molecule has 1 aliphatic heterocycles. The number of fused-ring (bicyclic) bond motifs is 1. The Morgan fingerprint density at radius 3 is 2.58 bits per heavy atom. The average Bonchev–Trinajstić information content (AvgIpc) is 2.44. The maximum absolute atomic E-state index is 10.3. The summed E-state index contributed by atoms with van der Waals surface area (Å²) in [7, 11) is 2.11. The molecule has 0 aromatic heterocycles. The van der Waals surface area contributed by atoms with Gasteiger partial charge in [0, 0.05) is 24.6 Å². The van der Waals surface area contributed by atoms with Gasteiger partial charge in [0.1, 0.15) is 5.75 Å². The van der Waals surface area contributed by atoms with Crippen LogP contribution in [-0.2, 0) is 6.54 Å². The molecule has 1 unspecified atom stereocenters. The van der Waals surface area contributed by atoms with E-state index in [-0.39, 0.29) is 0 Å². The molecule has 98 valence electrons. The zero-order chi connectivity index (χ0) is 13.4. The molecule has 1 aliphatic rings. The molecule has 3 rings (SSSR count). The lowest BCUT2D eigenvalue weighted by Crippen LogP contribution is -2.31. The van der Waals surface area contributed by atoms with Crippen molar-refractivity contribution in [2.24, 2.45) is 0 Å². The zero-order valence-electron chi connectivity index (χ0n) is 11.4. The molecule has 0 bridgehead atoms. The third-order valence-electron chi connectivity index (χ3n) is 4.02. The summed E-state index contributed by atoms with van der Waals surface area (Å²) in [4.78, 5) is 2.28. The molecule has 2 aromatic rings. The van der Waals surface area contributed by atoms with E-state index >= 15 is 0 Å². The summed E-state index contributed by atoms with van der Waals surface area (Å²) in [6, 6.07) is 14.7. The Hall–Kier alpha value is -1.80. The fourth-order valence-corrected chi connectivity index (χ4v) is 2.98. The highest BCUT2D eigenvalue weighted by Crippen LogP contribution is 2.38. The number of rotatable bonds is 1. The van der Waals surface area contributed by atoms with Crippen molar-refractivity contribution in [2.75, 3.05) is 13.6 Å². The van der Waals surface area contributed by atoms with E-state index in [9.17, 15) is 5.11 Å². The van der Waals surface area contributed by atoms with Crippen LogP contribution in [0.25, 0.3) is 0 Å². The molecule has 2 heteroatoms. The Morgan fingerprint density at radius 1 is 1.11 bits per heavy atom. The normalized spacial score (nSPS) is 19.2. The van der Waals surface area contributed by atoms with Crippen molar-refractivity contribution in [1.29, 1.82) is 0 Å². The predicted octanol–water partition coefficient (Wildman–Crippen LogP) is 3.28. The van der Waals surface area contributed by atoms with Gasteiger partial charge in [-0.3, -0.25) is 0 Å². The number of likely N-dealkylation sites (N-methyl/N-ethyl adjacent to an activating group) is 1. The van der Waals surface area contributed by atoms with Crippen LogP contribution in [0.2, 0.25) is 0 Å². The SMILES string of the molecule is Cc1ccc2c(c1O)CN(C)CC2c1ccccc1. The molecule has 0 saturated heterocycles. The molecule has 19 heavy (non-hydrogen) atoms. The van der Waals surface area contributed by atoms with Crippen molar-refractivity contribution in [3.8, 4) is 5.75 Å². The van der Waals surface area contributed by atoms with E-state index in [0.717, 1.165) is 24.2 Å². The molecule has 0 amide bonds. The van der Waals surface area contributed by atoms with Crippen LogP contribution in [0.1, 0.15) is 28.2 Å². The van der Waals surface area contributed by atoms with Crippen LogP contribution in [0.15, 0.2) is 42.5 Å². The molecule has 0 saturated carbocycles. The Labute approximate surface area is 114 Å². The quantitative estimate of drug-likeness (QED) is 0.843. The Morgan fingerprint density at radius 2 is 1.84 bits per heavy atom. The average molecular weight is 253 g/mol. The third-order valence-corrected chi connectivity index (χ3v) is 4.02. The topological polar surface area (TPSA) is 23.5 Å². The Bertz CT molecular complexity index is 592. The maximum Gasteiger partial charge on any atom is 0.123 e. The highest BCUT2D eigenvalue weighted by Gasteiger charge is 2.27. The van der Waals surface area contributed by atoms with Gasteiger partial charge in [0.15, 0.2) is 0 Å². The van der Waals surface area contributed by atoms with Crippen molar-refractivity contribution >= 4 is 0 Å². The van der Waals surface area contributed by atoms with Gasteiger partial charge in [0.2, 0.25) is 0 Å². The molecule has 0 spiro atoms. The van der Waals surface area contributed by atoms with Gasteiger partial charge in [-0.1, -0.05) is 42.5 Å². The van der Waals surface area contributed by atoms with E-state index in [4.69, 9.17) is 0 Å². The van der Waals surface area contributed by atoms with Gasteiger partial charge < -0.3 is 10.0 Å². The van der Waals surface area contributed by atoms with E-state index in [1.165, 1.54) is 11.1 Å². The highest BCUT2D eigenvalue weighted by molar-refractivity contribution is 5.50. The van der Waals surface area contributed by atoms with E-state index < -0.39 is 0 Å². The Kier molecular flexibility index (Phi) is 3.03. The lowest BCUT2D eigenvalue weighted by molar-refractivity contribution is 0.287. The first-order valence-electron chi connectivity index (χ1n) is 6.71. The molecular weight excluding hydrogens is 234 g/mol. The van der Waals surface area contributed by atoms with Gasteiger partial charge in [-0.05, 0) is 30.7 Å². The number of aromatic hydroxyl groups is 1. The van der Waals surface area contributed by atoms with Crippen molar-refractivity contribution in [2.45, 2.75) is 19.4 Å². The molecule has 1 heterocycles. The first-order chi connectivity index (χ1) is 9.16. The molecule has 2 nitrogen and oxygen atoms in total. The van der Waals surface area contributed by atoms with Gasteiger partial charge in [-0.25, -0.2) is 0 Å².